The van der Waals surface area contributed by atoms with Gasteiger partial charge in [-0.05, 0) is 57.6 Å². The lowest BCUT2D eigenvalue weighted by Crippen LogP contribution is -2.37. The Hall–Kier alpha value is -4.26. The minimum absolute atomic E-state index is 0.0778. The monoisotopic (exact) mass is 654 g/mol. The van der Waals surface area contributed by atoms with Crippen LogP contribution in [0.25, 0.3) is 0 Å². The first-order valence-corrected chi connectivity index (χ1v) is 15.2. The quantitative estimate of drug-likeness (QED) is 0.213. The summed E-state index contributed by atoms with van der Waals surface area (Å²) in [5.74, 6) is 1.05. The van der Waals surface area contributed by atoms with Gasteiger partial charge in [-0.3, -0.25) is 9.69 Å². The number of likely N-dealkylation sites (N-methyl/N-ethyl adjacent to an activating group) is 1. The Morgan fingerprint density at radius 3 is 2.29 bits per heavy atom. The number of benzene rings is 2. The summed E-state index contributed by atoms with van der Waals surface area (Å²) >= 11 is 13.0. The van der Waals surface area contributed by atoms with Gasteiger partial charge in [-0.2, -0.15) is 0 Å². The number of carbonyl (C=O) groups is 2. The fourth-order valence-corrected chi connectivity index (χ4v) is 5.76. The van der Waals surface area contributed by atoms with Crippen molar-refractivity contribution in [3.63, 3.8) is 0 Å². The maximum absolute atomic E-state index is 13.7. The predicted molar refractivity (Wildman–Crippen MR) is 179 cm³/mol. The minimum atomic E-state index is -0.480. The second kappa shape index (κ2) is 13.8. The van der Waals surface area contributed by atoms with E-state index in [1.165, 1.54) is 26.6 Å². The second-order valence-electron chi connectivity index (χ2n) is 11.0. The number of amides is 3. The fourth-order valence-electron chi connectivity index (χ4n) is 5.16. The van der Waals surface area contributed by atoms with Gasteiger partial charge in [0.25, 0.3) is 0 Å². The molecule has 3 amide bonds. The van der Waals surface area contributed by atoms with Crippen molar-refractivity contribution in [2.75, 3.05) is 67.2 Å². The molecule has 12 nitrogen and oxygen atoms in total. The number of anilines is 6. The van der Waals surface area contributed by atoms with Crippen molar-refractivity contribution in [3.05, 3.63) is 59.4 Å². The molecule has 0 radical (unpaired) electrons. The van der Waals surface area contributed by atoms with Crippen molar-refractivity contribution in [2.24, 2.45) is 0 Å². The zero-order valence-corrected chi connectivity index (χ0v) is 27.1. The molecule has 238 valence electrons. The summed E-state index contributed by atoms with van der Waals surface area (Å²) in [4.78, 5) is 40.9. The summed E-state index contributed by atoms with van der Waals surface area (Å²) in [7, 11) is 7.09. The van der Waals surface area contributed by atoms with E-state index < -0.39 is 6.03 Å². The van der Waals surface area contributed by atoms with Crippen LogP contribution in [-0.4, -0.2) is 80.3 Å². The first-order valence-electron chi connectivity index (χ1n) is 14.4. The lowest BCUT2D eigenvalue weighted by atomic mass is 10.2. The minimum Gasteiger partial charge on any atom is -0.495 e. The summed E-state index contributed by atoms with van der Waals surface area (Å²) in [6.07, 6.45) is 5.25. The third-order valence-electron chi connectivity index (χ3n) is 7.80. The van der Waals surface area contributed by atoms with Gasteiger partial charge >= 0.3 is 6.03 Å². The van der Waals surface area contributed by atoms with E-state index in [4.69, 9.17) is 32.7 Å². The van der Waals surface area contributed by atoms with Gasteiger partial charge < -0.3 is 35.2 Å². The van der Waals surface area contributed by atoms with E-state index in [9.17, 15) is 9.59 Å². The van der Waals surface area contributed by atoms with Crippen molar-refractivity contribution in [2.45, 2.75) is 31.3 Å². The molecule has 2 aliphatic rings. The van der Waals surface area contributed by atoms with Gasteiger partial charge in [-0.25, -0.2) is 14.8 Å². The van der Waals surface area contributed by atoms with Crippen LogP contribution in [0, 0.1) is 0 Å². The fraction of sp³-hybridized carbons (Fsp3) is 0.355. The van der Waals surface area contributed by atoms with Crippen LogP contribution in [-0.2, 0) is 4.79 Å². The van der Waals surface area contributed by atoms with Crippen LogP contribution in [0.1, 0.15) is 19.3 Å². The number of hydrogen-bond acceptors (Lipinski definition) is 9. The average molecular weight is 656 g/mol. The molecule has 2 fully saturated rings. The summed E-state index contributed by atoms with van der Waals surface area (Å²) in [5, 5.41) is 9.27. The van der Waals surface area contributed by atoms with Gasteiger partial charge in [-0.15, -0.1) is 0 Å². The number of halogens is 2. The van der Waals surface area contributed by atoms with E-state index in [2.05, 4.69) is 56.4 Å². The number of urea groups is 1. The van der Waals surface area contributed by atoms with Crippen molar-refractivity contribution in [1.29, 1.82) is 0 Å². The molecule has 1 unspecified atom stereocenters. The second-order valence-corrected chi connectivity index (χ2v) is 11.7. The normalized spacial score (nSPS) is 15.9. The zero-order valence-electron chi connectivity index (χ0n) is 25.6. The number of aromatic nitrogens is 2. The standard InChI is InChI=1S/C31H36Cl2N8O4/c1-6-27(42)37-22-13-19(40-12-11-20(16-40)39(2)3)9-10-21(22)36-25-15-26(35-17-34-25)41(18-7-8-18)31(43)38-30-28(32)23(44-4)14-24(45-5)29(30)33/h6,9-10,13-15,17-18,20H,1,7-8,11-12,16H2,2-5H3,(H,37,42)(H,38,43)(H,34,35,36). The molecule has 3 aromatic rings. The van der Waals surface area contributed by atoms with E-state index in [0.29, 0.717) is 40.6 Å². The molecule has 45 heavy (non-hydrogen) atoms. The van der Waals surface area contributed by atoms with Crippen LogP contribution >= 0.6 is 23.2 Å². The molecule has 1 aliphatic heterocycles. The van der Waals surface area contributed by atoms with Crippen LogP contribution in [0.5, 0.6) is 11.5 Å². The molecule has 3 N–H and O–H groups in total. The highest BCUT2D eigenvalue weighted by Gasteiger charge is 2.36. The van der Waals surface area contributed by atoms with Gasteiger partial charge in [-0.1, -0.05) is 29.8 Å². The Kier molecular flexibility index (Phi) is 9.86. The molecule has 0 bridgehead atoms. The van der Waals surface area contributed by atoms with Crippen LogP contribution < -0.4 is 35.2 Å². The number of ether oxygens (including phenoxy) is 2. The molecule has 1 atom stereocenters. The molecule has 1 aliphatic carbocycles. The number of nitrogens with zero attached hydrogens (tertiary/aromatic N) is 5. The van der Waals surface area contributed by atoms with E-state index in [-0.39, 0.29) is 27.7 Å². The van der Waals surface area contributed by atoms with Crippen molar-refractivity contribution in [3.8, 4) is 11.5 Å². The third-order valence-corrected chi connectivity index (χ3v) is 8.55. The topological polar surface area (TPSA) is 124 Å². The van der Waals surface area contributed by atoms with Crippen LogP contribution in [0.4, 0.5) is 39.2 Å². The number of rotatable bonds is 11. The number of methoxy groups -OCH3 is 2. The molecule has 14 heteroatoms. The largest absolute Gasteiger partial charge is 0.495 e. The number of nitrogens with one attached hydrogen (secondary N) is 3. The summed E-state index contributed by atoms with van der Waals surface area (Å²) < 4.78 is 10.7. The molecule has 1 saturated heterocycles. The van der Waals surface area contributed by atoms with Gasteiger partial charge in [0.05, 0.1) is 31.3 Å². The Bertz CT molecular complexity index is 1570. The van der Waals surface area contributed by atoms with Crippen molar-refractivity contribution < 1.29 is 19.1 Å². The molecular formula is C31H36Cl2N8O4. The average Bonchev–Trinajstić information content (AvgIpc) is 3.73. The van der Waals surface area contributed by atoms with Crippen molar-refractivity contribution >= 4 is 69.5 Å². The first-order chi connectivity index (χ1) is 21.6. The lowest BCUT2D eigenvalue weighted by Gasteiger charge is -2.24. The van der Waals surface area contributed by atoms with Crippen LogP contribution in [0.3, 0.4) is 0 Å². The Balaban J connectivity index is 1.41. The molecule has 0 spiro atoms. The van der Waals surface area contributed by atoms with E-state index in [0.717, 1.165) is 38.0 Å². The maximum atomic E-state index is 13.7. The Morgan fingerprint density at radius 2 is 1.69 bits per heavy atom. The highest BCUT2D eigenvalue weighted by molar-refractivity contribution is 6.41. The molecular weight excluding hydrogens is 619 g/mol. The first kappa shape index (κ1) is 32.1. The zero-order chi connectivity index (χ0) is 32.2. The Labute approximate surface area is 272 Å². The van der Waals surface area contributed by atoms with E-state index in [1.807, 2.05) is 18.2 Å². The predicted octanol–water partition coefficient (Wildman–Crippen LogP) is 6.01. The molecule has 2 aromatic carbocycles. The van der Waals surface area contributed by atoms with Crippen molar-refractivity contribution in [1.82, 2.24) is 14.9 Å². The van der Waals surface area contributed by atoms with Gasteiger partial charge in [0.1, 0.15) is 39.5 Å². The smallest absolute Gasteiger partial charge is 0.327 e. The molecule has 5 rings (SSSR count). The van der Waals surface area contributed by atoms with Gasteiger partial charge in [0.2, 0.25) is 5.91 Å². The lowest BCUT2D eigenvalue weighted by molar-refractivity contribution is -0.111. The molecule has 1 aromatic heterocycles. The maximum Gasteiger partial charge on any atom is 0.327 e. The summed E-state index contributed by atoms with van der Waals surface area (Å²) in [6.45, 7) is 5.39. The van der Waals surface area contributed by atoms with Gasteiger partial charge in [0, 0.05) is 43.0 Å². The molecule has 2 heterocycles. The Morgan fingerprint density at radius 1 is 0.978 bits per heavy atom. The number of carbonyl (C=O) groups excluding carboxylic acids is 2. The summed E-state index contributed by atoms with van der Waals surface area (Å²) in [5.41, 5.74) is 2.34. The third kappa shape index (κ3) is 7.19. The SMILES string of the molecule is C=CC(=O)Nc1cc(N2CCC(N(C)C)C2)ccc1Nc1cc(N(C(=O)Nc2c(Cl)c(OC)cc(OC)c2Cl)C2CC2)ncn1. The van der Waals surface area contributed by atoms with E-state index in [1.54, 1.807) is 17.0 Å². The van der Waals surface area contributed by atoms with E-state index >= 15 is 0 Å². The van der Waals surface area contributed by atoms with Crippen LogP contribution in [0.2, 0.25) is 10.0 Å². The summed E-state index contributed by atoms with van der Waals surface area (Å²) in [6, 6.07) is 8.95. The number of hydrogen-bond donors (Lipinski definition) is 3. The highest BCUT2D eigenvalue weighted by Crippen LogP contribution is 2.45. The van der Waals surface area contributed by atoms with Crippen LogP contribution in [0.15, 0.2) is 49.3 Å². The van der Waals surface area contributed by atoms with Gasteiger partial charge in [0.15, 0.2) is 0 Å². The highest BCUT2D eigenvalue weighted by atomic mass is 35.5. The molecule has 1 saturated carbocycles.